The van der Waals surface area contributed by atoms with Crippen molar-refractivity contribution < 1.29 is 0 Å². The number of anilines is 1. The van der Waals surface area contributed by atoms with Gasteiger partial charge in [0.1, 0.15) is 11.6 Å². The summed E-state index contributed by atoms with van der Waals surface area (Å²) in [5.41, 5.74) is 0. The summed E-state index contributed by atoms with van der Waals surface area (Å²) in [6, 6.07) is 2.01. The maximum absolute atomic E-state index is 4.62. The predicted molar refractivity (Wildman–Crippen MR) is 65.8 cm³/mol. The molecular formula is C12H20N4. The van der Waals surface area contributed by atoms with E-state index in [2.05, 4.69) is 40.7 Å². The Morgan fingerprint density at radius 1 is 1.19 bits per heavy atom. The standard InChI is InChI=1S/C12H20N4/c1-10(2)12-13-5-4-11(14-12)16-8-6-15(3)7-9-16/h4-5,10H,6-9H2,1-3H3. The Labute approximate surface area is 97.3 Å². The molecule has 0 aliphatic carbocycles. The second kappa shape index (κ2) is 4.78. The van der Waals surface area contributed by atoms with E-state index in [1.54, 1.807) is 0 Å². The lowest BCUT2D eigenvalue weighted by atomic mass is 10.2. The molecule has 2 rings (SSSR count). The van der Waals surface area contributed by atoms with Gasteiger partial charge in [-0.05, 0) is 13.1 Å². The first-order valence-electron chi connectivity index (χ1n) is 5.93. The lowest BCUT2D eigenvalue weighted by molar-refractivity contribution is 0.312. The SMILES string of the molecule is CC(C)c1nccc(N2CCN(C)CC2)n1. The summed E-state index contributed by atoms with van der Waals surface area (Å²) >= 11 is 0. The highest BCUT2D eigenvalue weighted by Crippen LogP contribution is 2.15. The highest BCUT2D eigenvalue weighted by atomic mass is 15.3. The number of piperazine rings is 1. The van der Waals surface area contributed by atoms with E-state index in [-0.39, 0.29) is 0 Å². The molecule has 4 heteroatoms. The minimum atomic E-state index is 0.396. The molecule has 0 atom stereocenters. The summed E-state index contributed by atoms with van der Waals surface area (Å²) < 4.78 is 0. The van der Waals surface area contributed by atoms with Crippen LogP contribution in [0.5, 0.6) is 0 Å². The van der Waals surface area contributed by atoms with Gasteiger partial charge in [-0.25, -0.2) is 9.97 Å². The van der Waals surface area contributed by atoms with E-state index in [9.17, 15) is 0 Å². The molecule has 0 bridgehead atoms. The smallest absolute Gasteiger partial charge is 0.133 e. The van der Waals surface area contributed by atoms with Crippen LogP contribution in [0.1, 0.15) is 25.6 Å². The van der Waals surface area contributed by atoms with Crippen LogP contribution >= 0.6 is 0 Å². The second-order valence-corrected chi connectivity index (χ2v) is 4.72. The Hall–Kier alpha value is -1.16. The molecule has 1 aromatic rings. The van der Waals surface area contributed by atoms with Crippen molar-refractivity contribution in [2.24, 2.45) is 0 Å². The van der Waals surface area contributed by atoms with Crippen molar-refractivity contribution >= 4 is 5.82 Å². The summed E-state index contributed by atoms with van der Waals surface area (Å²) in [5.74, 6) is 2.41. The van der Waals surface area contributed by atoms with Gasteiger partial charge in [-0.1, -0.05) is 13.8 Å². The van der Waals surface area contributed by atoms with Gasteiger partial charge in [0.05, 0.1) is 0 Å². The molecule has 0 amide bonds. The largest absolute Gasteiger partial charge is 0.354 e. The van der Waals surface area contributed by atoms with Gasteiger partial charge < -0.3 is 9.80 Å². The lowest BCUT2D eigenvalue weighted by Crippen LogP contribution is -2.44. The fraction of sp³-hybridized carbons (Fsp3) is 0.667. The van der Waals surface area contributed by atoms with Crippen LogP contribution in [-0.4, -0.2) is 48.1 Å². The molecule has 0 N–H and O–H groups in total. The third kappa shape index (κ3) is 2.50. The zero-order valence-electron chi connectivity index (χ0n) is 10.3. The number of hydrogen-bond acceptors (Lipinski definition) is 4. The van der Waals surface area contributed by atoms with Crippen LogP contribution in [0, 0.1) is 0 Å². The molecule has 88 valence electrons. The molecule has 0 saturated carbocycles. The average Bonchev–Trinajstić information content (AvgIpc) is 2.30. The molecule has 1 fully saturated rings. The van der Waals surface area contributed by atoms with Crippen LogP contribution in [0.25, 0.3) is 0 Å². The molecule has 1 aliphatic heterocycles. The van der Waals surface area contributed by atoms with Gasteiger partial charge in [0.15, 0.2) is 0 Å². The third-order valence-electron chi connectivity index (χ3n) is 3.00. The zero-order chi connectivity index (χ0) is 11.5. The Balaban J connectivity index is 2.11. The minimum Gasteiger partial charge on any atom is -0.354 e. The van der Waals surface area contributed by atoms with Gasteiger partial charge in [-0.3, -0.25) is 0 Å². The molecule has 16 heavy (non-hydrogen) atoms. The fourth-order valence-electron chi connectivity index (χ4n) is 1.85. The first kappa shape index (κ1) is 11.3. The van der Waals surface area contributed by atoms with Crippen LogP contribution in [0.15, 0.2) is 12.3 Å². The highest BCUT2D eigenvalue weighted by Gasteiger charge is 2.16. The summed E-state index contributed by atoms with van der Waals surface area (Å²) in [7, 11) is 2.16. The van der Waals surface area contributed by atoms with Gasteiger partial charge in [-0.2, -0.15) is 0 Å². The molecule has 1 saturated heterocycles. The van der Waals surface area contributed by atoms with E-state index in [1.165, 1.54) is 0 Å². The highest BCUT2D eigenvalue weighted by molar-refractivity contribution is 5.38. The fourth-order valence-corrected chi connectivity index (χ4v) is 1.85. The summed E-state index contributed by atoms with van der Waals surface area (Å²) in [5, 5.41) is 0. The number of nitrogens with zero attached hydrogens (tertiary/aromatic N) is 4. The van der Waals surface area contributed by atoms with Gasteiger partial charge in [-0.15, -0.1) is 0 Å². The molecule has 1 aliphatic rings. The second-order valence-electron chi connectivity index (χ2n) is 4.72. The van der Waals surface area contributed by atoms with Crippen molar-refractivity contribution in [3.63, 3.8) is 0 Å². The Bertz CT molecular complexity index is 343. The minimum absolute atomic E-state index is 0.396. The van der Waals surface area contributed by atoms with Crippen LogP contribution < -0.4 is 4.90 Å². The average molecular weight is 220 g/mol. The number of likely N-dealkylation sites (N-methyl/N-ethyl adjacent to an activating group) is 1. The van der Waals surface area contributed by atoms with E-state index in [4.69, 9.17) is 0 Å². The zero-order valence-corrected chi connectivity index (χ0v) is 10.3. The topological polar surface area (TPSA) is 32.3 Å². The van der Waals surface area contributed by atoms with Crippen LogP contribution in [0.3, 0.4) is 0 Å². The Morgan fingerprint density at radius 3 is 2.50 bits per heavy atom. The molecule has 4 nitrogen and oxygen atoms in total. The lowest BCUT2D eigenvalue weighted by Gasteiger charge is -2.33. The Morgan fingerprint density at radius 2 is 1.88 bits per heavy atom. The van der Waals surface area contributed by atoms with Gasteiger partial charge in [0, 0.05) is 38.3 Å². The van der Waals surface area contributed by atoms with Gasteiger partial charge in [0.2, 0.25) is 0 Å². The molecule has 0 aromatic carbocycles. The summed E-state index contributed by atoms with van der Waals surface area (Å²) in [6.45, 7) is 8.60. The van der Waals surface area contributed by atoms with Crippen molar-refractivity contribution in [1.82, 2.24) is 14.9 Å². The van der Waals surface area contributed by atoms with E-state index < -0.39 is 0 Å². The summed E-state index contributed by atoms with van der Waals surface area (Å²) in [6.07, 6.45) is 1.87. The van der Waals surface area contributed by atoms with E-state index >= 15 is 0 Å². The molecular weight excluding hydrogens is 200 g/mol. The van der Waals surface area contributed by atoms with Crippen molar-refractivity contribution in [3.05, 3.63) is 18.1 Å². The third-order valence-corrected chi connectivity index (χ3v) is 3.00. The first-order chi connectivity index (χ1) is 7.66. The molecule has 0 spiro atoms. The van der Waals surface area contributed by atoms with E-state index in [1.807, 2.05) is 12.3 Å². The summed E-state index contributed by atoms with van der Waals surface area (Å²) in [4.78, 5) is 13.6. The first-order valence-corrected chi connectivity index (χ1v) is 5.93. The van der Waals surface area contributed by atoms with Crippen molar-refractivity contribution in [2.45, 2.75) is 19.8 Å². The van der Waals surface area contributed by atoms with Crippen LogP contribution in [0.4, 0.5) is 5.82 Å². The van der Waals surface area contributed by atoms with Gasteiger partial charge >= 0.3 is 0 Å². The van der Waals surface area contributed by atoms with Crippen LogP contribution in [-0.2, 0) is 0 Å². The molecule has 1 aromatic heterocycles. The number of rotatable bonds is 2. The molecule has 2 heterocycles. The van der Waals surface area contributed by atoms with Crippen LogP contribution in [0.2, 0.25) is 0 Å². The van der Waals surface area contributed by atoms with Crippen molar-refractivity contribution in [1.29, 1.82) is 0 Å². The number of aromatic nitrogens is 2. The normalized spacial score (nSPS) is 18.1. The Kier molecular flexibility index (Phi) is 3.39. The quantitative estimate of drug-likeness (QED) is 0.753. The maximum Gasteiger partial charge on any atom is 0.133 e. The van der Waals surface area contributed by atoms with Crippen molar-refractivity contribution in [3.8, 4) is 0 Å². The van der Waals surface area contributed by atoms with Crippen molar-refractivity contribution in [2.75, 3.05) is 38.1 Å². The van der Waals surface area contributed by atoms with Gasteiger partial charge in [0.25, 0.3) is 0 Å². The predicted octanol–water partition coefficient (Wildman–Crippen LogP) is 1.35. The maximum atomic E-state index is 4.62. The van der Waals surface area contributed by atoms with E-state index in [0.29, 0.717) is 5.92 Å². The number of hydrogen-bond donors (Lipinski definition) is 0. The monoisotopic (exact) mass is 220 g/mol. The van der Waals surface area contributed by atoms with E-state index in [0.717, 1.165) is 37.8 Å². The molecule has 0 unspecified atom stereocenters. The molecule has 0 radical (unpaired) electrons.